The molecule has 118 valence electrons. The molecular formula is C15H18N2O4S. The van der Waals surface area contributed by atoms with Crippen LogP contribution in [0.5, 0.6) is 5.75 Å². The van der Waals surface area contributed by atoms with Crippen LogP contribution in [0.3, 0.4) is 0 Å². The van der Waals surface area contributed by atoms with Gasteiger partial charge in [0.05, 0.1) is 19.6 Å². The van der Waals surface area contributed by atoms with Crippen molar-refractivity contribution in [2.45, 2.75) is 31.6 Å². The molecule has 1 heterocycles. The van der Waals surface area contributed by atoms with Crippen molar-refractivity contribution in [3.05, 3.63) is 35.7 Å². The number of carbonyl (C=O) groups is 1. The molecule has 0 amide bonds. The summed E-state index contributed by atoms with van der Waals surface area (Å²) in [5.74, 6) is 1.16. The average Bonchev–Trinajstić information content (AvgIpc) is 2.93. The van der Waals surface area contributed by atoms with Crippen molar-refractivity contribution in [1.82, 2.24) is 10.2 Å². The normalized spacial score (nSPS) is 10.7. The van der Waals surface area contributed by atoms with Crippen molar-refractivity contribution in [3.63, 3.8) is 0 Å². The average molecular weight is 322 g/mol. The van der Waals surface area contributed by atoms with Crippen LogP contribution < -0.4 is 4.74 Å². The van der Waals surface area contributed by atoms with E-state index in [4.69, 9.17) is 13.9 Å². The molecule has 0 atom stereocenters. The van der Waals surface area contributed by atoms with E-state index in [2.05, 4.69) is 10.2 Å². The number of hydrogen-bond donors (Lipinski definition) is 0. The van der Waals surface area contributed by atoms with E-state index in [0.29, 0.717) is 17.5 Å². The molecule has 0 unspecified atom stereocenters. The van der Waals surface area contributed by atoms with E-state index in [9.17, 15) is 4.79 Å². The topological polar surface area (TPSA) is 74.5 Å². The second-order valence-electron chi connectivity index (χ2n) is 4.81. The SMILES string of the molecule is COc1ccc(Cc2nnc(SCC(=O)OC(C)C)o2)cc1. The van der Waals surface area contributed by atoms with Crippen LogP contribution in [0.2, 0.25) is 0 Å². The highest BCUT2D eigenvalue weighted by Gasteiger charge is 2.12. The highest BCUT2D eigenvalue weighted by atomic mass is 32.2. The molecule has 0 fully saturated rings. The lowest BCUT2D eigenvalue weighted by Crippen LogP contribution is -2.13. The molecule has 0 N–H and O–H groups in total. The number of rotatable bonds is 7. The number of carbonyl (C=O) groups excluding carboxylic acids is 1. The molecule has 2 rings (SSSR count). The summed E-state index contributed by atoms with van der Waals surface area (Å²) in [6.07, 6.45) is 0.412. The van der Waals surface area contributed by atoms with E-state index in [1.54, 1.807) is 7.11 Å². The quantitative estimate of drug-likeness (QED) is 0.573. The van der Waals surface area contributed by atoms with Crippen molar-refractivity contribution in [2.75, 3.05) is 12.9 Å². The van der Waals surface area contributed by atoms with E-state index >= 15 is 0 Å². The zero-order chi connectivity index (χ0) is 15.9. The Morgan fingerprint density at radius 1 is 1.27 bits per heavy atom. The molecule has 0 aliphatic rings. The lowest BCUT2D eigenvalue weighted by atomic mass is 10.1. The number of esters is 1. The van der Waals surface area contributed by atoms with Crippen molar-refractivity contribution in [2.24, 2.45) is 0 Å². The monoisotopic (exact) mass is 322 g/mol. The van der Waals surface area contributed by atoms with Gasteiger partial charge < -0.3 is 13.9 Å². The van der Waals surface area contributed by atoms with Gasteiger partial charge >= 0.3 is 5.97 Å². The van der Waals surface area contributed by atoms with E-state index < -0.39 is 0 Å². The molecule has 22 heavy (non-hydrogen) atoms. The molecule has 6 nitrogen and oxygen atoms in total. The third-order valence-electron chi connectivity index (χ3n) is 2.64. The van der Waals surface area contributed by atoms with Gasteiger partial charge in [-0.3, -0.25) is 4.79 Å². The zero-order valence-corrected chi connectivity index (χ0v) is 13.6. The molecule has 0 saturated carbocycles. The van der Waals surface area contributed by atoms with Gasteiger partial charge in [-0.1, -0.05) is 23.9 Å². The second-order valence-corrected chi connectivity index (χ2v) is 5.74. The smallest absolute Gasteiger partial charge is 0.316 e. The summed E-state index contributed by atoms with van der Waals surface area (Å²) >= 11 is 1.17. The van der Waals surface area contributed by atoms with Crippen LogP contribution in [0.4, 0.5) is 0 Å². The van der Waals surface area contributed by atoms with Gasteiger partial charge in [-0.05, 0) is 31.5 Å². The van der Waals surface area contributed by atoms with Gasteiger partial charge in [0.2, 0.25) is 5.89 Å². The van der Waals surface area contributed by atoms with E-state index in [1.165, 1.54) is 11.8 Å². The van der Waals surface area contributed by atoms with Crippen molar-refractivity contribution in [3.8, 4) is 5.75 Å². The molecular weight excluding hydrogens is 304 g/mol. The fourth-order valence-electron chi connectivity index (χ4n) is 1.70. The molecule has 0 aliphatic carbocycles. The number of benzene rings is 1. The minimum Gasteiger partial charge on any atom is -0.497 e. The maximum Gasteiger partial charge on any atom is 0.316 e. The van der Waals surface area contributed by atoms with Crippen LogP contribution in [0.1, 0.15) is 25.3 Å². The van der Waals surface area contributed by atoms with Crippen molar-refractivity contribution < 1.29 is 18.7 Å². The Hall–Kier alpha value is -2.02. The summed E-state index contributed by atoms with van der Waals surface area (Å²) in [4.78, 5) is 11.4. The molecule has 0 radical (unpaired) electrons. The van der Waals surface area contributed by atoms with Gasteiger partial charge in [-0.25, -0.2) is 0 Å². The summed E-state index contributed by atoms with van der Waals surface area (Å²) < 4.78 is 15.6. The number of hydrogen-bond acceptors (Lipinski definition) is 7. The maximum atomic E-state index is 11.4. The van der Waals surface area contributed by atoms with Crippen molar-refractivity contribution >= 4 is 17.7 Å². The Bertz CT molecular complexity index is 610. The summed E-state index contributed by atoms with van der Waals surface area (Å²) in [7, 11) is 1.63. The third kappa shape index (κ3) is 5.07. The largest absolute Gasteiger partial charge is 0.497 e. The Morgan fingerprint density at radius 3 is 2.64 bits per heavy atom. The Labute approximate surface area is 133 Å². The number of nitrogens with zero attached hydrogens (tertiary/aromatic N) is 2. The molecule has 7 heteroatoms. The minimum absolute atomic E-state index is 0.124. The highest BCUT2D eigenvalue weighted by Crippen LogP contribution is 2.19. The van der Waals surface area contributed by atoms with Gasteiger partial charge in [0.1, 0.15) is 11.5 Å². The van der Waals surface area contributed by atoms with Crippen LogP contribution in [-0.4, -0.2) is 35.1 Å². The Balaban J connectivity index is 1.86. The van der Waals surface area contributed by atoms with Gasteiger partial charge in [0, 0.05) is 0 Å². The van der Waals surface area contributed by atoms with E-state index in [0.717, 1.165) is 11.3 Å². The van der Waals surface area contributed by atoms with Crippen LogP contribution >= 0.6 is 11.8 Å². The fraction of sp³-hybridized carbons (Fsp3) is 0.400. The predicted octanol–water partition coefficient (Wildman–Crippen LogP) is 2.71. The first kappa shape index (κ1) is 16.4. The first-order valence-corrected chi connectivity index (χ1v) is 7.83. The van der Waals surface area contributed by atoms with E-state index in [-0.39, 0.29) is 17.8 Å². The van der Waals surface area contributed by atoms with Crippen LogP contribution in [0.25, 0.3) is 0 Å². The highest BCUT2D eigenvalue weighted by molar-refractivity contribution is 7.99. The maximum absolute atomic E-state index is 11.4. The summed E-state index contributed by atoms with van der Waals surface area (Å²) in [6.45, 7) is 3.62. The van der Waals surface area contributed by atoms with Gasteiger partial charge in [-0.15, -0.1) is 10.2 Å². The zero-order valence-electron chi connectivity index (χ0n) is 12.7. The molecule has 0 spiro atoms. The lowest BCUT2D eigenvalue weighted by molar-refractivity contribution is -0.144. The third-order valence-corrected chi connectivity index (χ3v) is 3.44. The van der Waals surface area contributed by atoms with Crippen molar-refractivity contribution in [1.29, 1.82) is 0 Å². The number of thioether (sulfide) groups is 1. The summed E-state index contributed by atoms with van der Waals surface area (Å²) in [5.41, 5.74) is 1.04. The van der Waals surface area contributed by atoms with Crippen LogP contribution in [0.15, 0.2) is 33.9 Å². The molecule has 2 aromatic rings. The number of methoxy groups -OCH3 is 1. The van der Waals surface area contributed by atoms with E-state index in [1.807, 2.05) is 38.1 Å². The van der Waals surface area contributed by atoms with Gasteiger partial charge in [-0.2, -0.15) is 0 Å². The minimum atomic E-state index is -0.296. The lowest BCUT2D eigenvalue weighted by Gasteiger charge is -2.05. The number of aromatic nitrogens is 2. The predicted molar refractivity (Wildman–Crippen MR) is 82.1 cm³/mol. The first-order valence-electron chi connectivity index (χ1n) is 6.84. The van der Waals surface area contributed by atoms with Crippen LogP contribution in [-0.2, 0) is 16.0 Å². The summed E-state index contributed by atoms with van der Waals surface area (Å²) in [6, 6.07) is 7.64. The molecule has 0 saturated heterocycles. The second kappa shape index (κ2) is 7.84. The standard InChI is InChI=1S/C15H18N2O4S/c1-10(2)20-14(18)9-22-15-17-16-13(21-15)8-11-4-6-12(19-3)7-5-11/h4-7,10H,8-9H2,1-3H3. The van der Waals surface area contributed by atoms with Gasteiger partial charge in [0.25, 0.3) is 5.22 Å². The Morgan fingerprint density at radius 2 is 2.00 bits per heavy atom. The van der Waals surface area contributed by atoms with Crippen LogP contribution in [0, 0.1) is 0 Å². The number of ether oxygens (including phenoxy) is 2. The molecule has 1 aromatic carbocycles. The molecule has 0 bridgehead atoms. The first-order chi connectivity index (χ1) is 10.6. The fourth-order valence-corrected chi connectivity index (χ4v) is 2.27. The van der Waals surface area contributed by atoms with Gasteiger partial charge in [0.15, 0.2) is 0 Å². The summed E-state index contributed by atoms with van der Waals surface area (Å²) in [5, 5.41) is 8.25. The Kier molecular flexibility index (Phi) is 5.83. The molecule has 1 aromatic heterocycles. The molecule has 0 aliphatic heterocycles.